The molecule has 1 amide bonds. The lowest BCUT2D eigenvalue weighted by Crippen LogP contribution is -2.44. The lowest BCUT2D eigenvalue weighted by molar-refractivity contribution is -0.122. The third-order valence-corrected chi connectivity index (χ3v) is 5.15. The van der Waals surface area contributed by atoms with Gasteiger partial charge in [-0.3, -0.25) is 4.79 Å². The maximum atomic E-state index is 12.0. The van der Waals surface area contributed by atoms with Gasteiger partial charge in [0.1, 0.15) is 5.82 Å². The summed E-state index contributed by atoms with van der Waals surface area (Å²) in [5.41, 5.74) is 4.38. The van der Waals surface area contributed by atoms with Crippen LogP contribution in [0.15, 0.2) is 12.1 Å². The molecule has 0 unspecified atom stereocenters. The Hall–Kier alpha value is -1.88. The van der Waals surface area contributed by atoms with Crippen LogP contribution in [0, 0.1) is 19.3 Å². The summed E-state index contributed by atoms with van der Waals surface area (Å²) in [5.74, 6) is 0.873. The van der Waals surface area contributed by atoms with E-state index < -0.39 is 0 Å². The largest absolute Gasteiger partial charge is 0.396 e. The number of rotatable bonds is 6. The average Bonchev–Trinajstić information content (AvgIpc) is 2.87. The van der Waals surface area contributed by atoms with Crippen LogP contribution < -0.4 is 5.32 Å². The standard InChI is InChI=1S/C18H25N3O2/c1-12-8-14-15(9-13(12)2)21-16(20-14)4-5-17(23)19-10-18(11-22)6-3-7-18/h8-9,22H,3-7,10-11H2,1-2H3,(H,19,23)(H,20,21). The summed E-state index contributed by atoms with van der Waals surface area (Å²) in [4.78, 5) is 19.9. The minimum Gasteiger partial charge on any atom is -0.396 e. The number of carbonyl (C=O) groups is 1. The van der Waals surface area contributed by atoms with Crippen molar-refractivity contribution in [3.05, 3.63) is 29.1 Å². The van der Waals surface area contributed by atoms with Crippen molar-refractivity contribution >= 4 is 16.9 Å². The van der Waals surface area contributed by atoms with Crippen LogP contribution >= 0.6 is 0 Å². The van der Waals surface area contributed by atoms with Gasteiger partial charge in [-0.05, 0) is 49.9 Å². The monoisotopic (exact) mass is 315 g/mol. The number of aromatic amines is 1. The van der Waals surface area contributed by atoms with Crippen molar-refractivity contribution in [2.24, 2.45) is 5.41 Å². The Kier molecular flexibility index (Phi) is 4.39. The van der Waals surface area contributed by atoms with Gasteiger partial charge in [0.25, 0.3) is 0 Å². The highest BCUT2D eigenvalue weighted by Gasteiger charge is 2.36. The number of aromatic nitrogens is 2. The molecule has 2 aromatic rings. The van der Waals surface area contributed by atoms with Crippen LogP contribution in [-0.2, 0) is 11.2 Å². The van der Waals surface area contributed by atoms with Gasteiger partial charge in [0.05, 0.1) is 17.6 Å². The van der Waals surface area contributed by atoms with E-state index in [1.54, 1.807) is 0 Å². The highest BCUT2D eigenvalue weighted by molar-refractivity contribution is 5.78. The van der Waals surface area contributed by atoms with Gasteiger partial charge in [0.15, 0.2) is 0 Å². The molecule has 1 aromatic carbocycles. The van der Waals surface area contributed by atoms with Crippen LogP contribution in [0.2, 0.25) is 0 Å². The first-order valence-corrected chi connectivity index (χ1v) is 8.35. The van der Waals surface area contributed by atoms with Gasteiger partial charge in [0, 0.05) is 24.8 Å². The number of fused-ring (bicyclic) bond motifs is 1. The molecule has 1 aromatic heterocycles. The summed E-state index contributed by atoms with van der Waals surface area (Å²) in [5, 5.41) is 12.4. The summed E-state index contributed by atoms with van der Waals surface area (Å²) in [6, 6.07) is 4.18. The Balaban J connectivity index is 1.54. The van der Waals surface area contributed by atoms with E-state index in [2.05, 4.69) is 41.3 Å². The molecule has 5 nitrogen and oxygen atoms in total. The van der Waals surface area contributed by atoms with E-state index in [0.29, 0.717) is 19.4 Å². The zero-order valence-corrected chi connectivity index (χ0v) is 13.9. The molecule has 0 spiro atoms. The smallest absolute Gasteiger partial charge is 0.220 e. The lowest BCUT2D eigenvalue weighted by Gasteiger charge is -2.40. The van der Waals surface area contributed by atoms with E-state index in [1.165, 1.54) is 11.1 Å². The molecule has 0 bridgehead atoms. The summed E-state index contributed by atoms with van der Waals surface area (Å²) >= 11 is 0. The molecule has 1 saturated carbocycles. The molecule has 0 radical (unpaired) electrons. The first-order valence-electron chi connectivity index (χ1n) is 8.35. The number of carbonyl (C=O) groups excluding carboxylic acids is 1. The number of H-pyrrole nitrogens is 1. The van der Waals surface area contributed by atoms with Crippen LogP contribution in [-0.4, -0.2) is 34.1 Å². The molecular weight excluding hydrogens is 290 g/mol. The predicted molar refractivity (Wildman–Crippen MR) is 90.3 cm³/mol. The van der Waals surface area contributed by atoms with E-state index in [0.717, 1.165) is 36.1 Å². The zero-order valence-electron chi connectivity index (χ0n) is 13.9. The quantitative estimate of drug-likeness (QED) is 0.766. The SMILES string of the molecule is Cc1cc2nc(CCC(=O)NCC3(CO)CCC3)[nH]c2cc1C. The number of amides is 1. The Labute approximate surface area is 136 Å². The molecule has 23 heavy (non-hydrogen) atoms. The van der Waals surface area contributed by atoms with Crippen molar-refractivity contribution in [3.8, 4) is 0 Å². The number of hydrogen-bond acceptors (Lipinski definition) is 3. The molecule has 0 aliphatic heterocycles. The first kappa shape index (κ1) is 16.0. The van der Waals surface area contributed by atoms with Crippen LogP contribution in [0.1, 0.15) is 42.6 Å². The van der Waals surface area contributed by atoms with Crippen LogP contribution in [0.5, 0.6) is 0 Å². The molecule has 0 atom stereocenters. The summed E-state index contributed by atoms with van der Waals surface area (Å²) in [6.07, 6.45) is 4.18. The zero-order chi connectivity index (χ0) is 16.4. The third kappa shape index (κ3) is 3.39. The van der Waals surface area contributed by atoms with Crippen molar-refractivity contribution < 1.29 is 9.90 Å². The Morgan fingerprint density at radius 1 is 1.35 bits per heavy atom. The lowest BCUT2D eigenvalue weighted by atomic mass is 9.69. The number of aliphatic hydroxyl groups is 1. The molecule has 0 saturated heterocycles. The van der Waals surface area contributed by atoms with Crippen molar-refractivity contribution in [1.29, 1.82) is 0 Å². The maximum absolute atomic E-state index is 12.0. The van der Waals surface area contributed by atoms with Crippen LogP contribution in [0.4, 0.5) is 0 Å². The number of nitrogens with zero attached hydrogens (tertiary/aromatic N) is 1. The molecular formula is C18H25N3O2. The number of aryl methyl sites for hydroxylation is 3. The first-order chi connectivity index (χ1) is 11.0. The second-order valence-electron chi connectivity index (χ2n) is 6.93. The number of benzene rings is 1. The molecule has 5 heteroatoms. The second kappa shape index (κ2) is 6.32. The van der Waals surface area contributed by atoms with E-state index in [9.17, 15) is 9.90 Å². The normalized spacial score (nSPS) is 16.3. The molecule has 1 aliphatic carbocycles. The van der Waals surface area contributed by atoms with Crippen LogP contribution in [0.3, 0.4) is 0 Å². The topological polar surface area (TPSA) is 78.0 Å². The van der Waals surface area contributed by atoms with E-state index in [-0.39, 0.29) is 17.9 Å². The summed E-state index contributed by atoms with van der Waals surface area (Å²) < 4.78 is 0. The number of nitrogens with one attached hydrogen (secondary N) is 2. The Morgan fingerprint density at radius 2 is 2.09 bits per heavy atom. The highest BCUT2D eigenvalue weighted by Crippen LogP contribution is 2.39. The van der Waals surface area contributed by atoms with Crippen molar-refractivity contribution in [1.82, 2.24) is 15.3 Å². The predicted octanol–water partition coefficient (Wildman–Crippen LogP) is 2.39. The molecule has 3 N–H and O–H groups in total. The van der Waals surface area contributed by atoms with Gasteiger partial charge in [-0.25, -0.2) is 4.98 Å². The Bertz CT molecular complexity index is 672. The van der Waals surface area contributed by atoms with Gasteiger partial charge in [-0.2, -0.15) is 0 Å². The van der Waals surface area contributed by atoms with E-state index >= 15 is 0 Å². The molecule has 124 valence electrons. The number of aliphatic hydroxyl groups excluding tert-OH is 1. The van der Waals surface area contributed by atoms with Gasteiger partial charge in [-0.15, -0.1) is 0 Å². The Morgan fingerprint density at radius 3 is 2.74 bits per heavy atom. The maximum Gasteiger partial charge on any atom is 0.220 e. The van der Waals surface area contributed by atoms with Crippen molar-refractivity contribution in [2.45, 2.75) is 46.0 Å². The minimum absolute atomic E-state index is 0.0255. The second-order valence-corrected chi connectivity index (χ2v) is 6.93. The molecule has 1 aliphatic rings. The van der Waals surface area contributed by atoms with Crippen molar-refractivity contribution in [2.75, 3.05) is 13.2 Å². The average molecular weight is 315 g/mol. The minimum atomic E-state index is -0.0654. The van der Waals surface area contributed by atoms with Crippen molar-refractivity contribution in [3.63, 3.8) is 0 Å². The fraction of sp³-hybridized carbons (Fsp3) is 0.556. The fourth-order valence-electron chi connectivity index (χ4n) is 3.11. The van der Waals surface area contributed by atoms with Gasteiger partial charge in [-0.1, -0.05) is 6.42 Å². The van der Waals surface area contributed by atoms with E-state index in [4.69, 9.17) is 0 Å². The van der Waals surface area contributed by atoms with Crippen LogP contribution in [0.25, 0.3) is 11.0 Å². The summed E-state index contributed by atoms with van der Waals surface area (Å²) in [7, 11) is 0. The fourth-order valence-corrected chi connectivity index (χ4v) is 3.11. The molecule has 1 heterocycles. The number of hydrogen-bond donors (Lipinski definition) is 3. The van der Waals surface area contributed by atoms with E-state index in [1.807, 2.05) is 0 Å². The molecule has 3 rings (SSSR count). The van der Waals surface area contributed by atoms with Gasteiger partial charge in [0.2, 0.25) is 5.91 Å². The number of imidazole rings is 1. The molecule has 1 fully saturated rings. The highest BCUT2D eigenvalue weighted by atomic mass is 16.3. The summed E-state index contributed by atoms with van der Waals surface area (Å²) in [6.45, 7) is 4.91. The third-order valence-electron chi connectivity index (χ3n) is 5.15. The van der Waals surface area contributed by atoms with Gasteiger partial charge < -0.3 is 15.4 Å². The van der Waals surface area contributed by atoms with Gasteiger partial charge >= 0.3 is 0 Å².